The van der Waals surface area contributed by atoms with Crippen molar-refractivity contribution in [3.63, 3.8) is 0 Å². The lowest BCUT2D eigenvalue weighted by atomic mass is 9.91. The van der Waals surface area contributed by atoms with E-state index in [1.54, 1.807) is 0 Å². The Morgan fingerprint density at radius 1 is 0.833 bits per heavy atom. The molecule has 164 valence electrons. The van der Waals surface area contributed by atoms with Crippen molar-refractivity contribution in [2.75, 3.05) is 6.61 Å². The predicted octanol–water partition coefficient (Wildman–Crippen LogP) is 5.33. The van der Waals surface area contributed by atoms with Crippen LogP contribution < -0.4 is 4.74 Å². The van der Waals surface area contributed by atoms with E-state index in [1.165, 1.54) is 0 Å². The second-order valence-corrected chi connectivity index (χ2v) is 7.84. The molecule has 0 aliphatic rings. The highest BCUT2D eigenvalue weighted by atomic mass is 16.5. The zero-order chi connectivity index (χ0) is 21.8. The molecule has 30 heavy (non-hydrogen) atoms. The Morgan fingerprint density at radius 2 is 1.53 bits per heavy atom. The van der Waals surface area contributed by atoms with Crippen LogP contribution in [0.5, 0.6) is 5.75 Å². The van der Waals surface area contributed by atoms with Gasteiger partial charge in [0, 0.05) is 0 Å². The minimum absolute atomic E-state index is 0.0721. The standard InChI is InChI=1S/C26H36O4/c1-3-26(29,4-2)15-6-5-7-16-30-25-10-8-9-21(18-25)11-12-22-13-14-23(19-27)24(17-22)20-28/h8-14,17-18,27-29H,3-7,15-16,19-20H2,1-2H3/b12-11+. The van der Waals surface area contributed by atoms with Crippen molar-refractivity contribution in [3.05, 3.63) is 64.7 Å². The van der Waals surface area contributed by atoms with Gasteiger partial charge in [0.15, 0.2) is 0 Å². The monoisotopic (exact) mass is 412 g/mol. The average Bonchev–Trinajstić information content (AvgIpc) is 2.79. The Kier molecular flexibility index (Phi) is 10.1. The molecule has 2 aromatic rings. The molecule has 0 unspecified atom stereocenters. The van der Waals surface area contributed by atoms with Crippen molar-refractivity contribution in [1.82, 2.24) is 0 Å². The van der Waals surface area contributed by atoms with Crippen LogP contribution >= 0.6 is 0 Å². The molecule has 0 heterocycles. The fraction of sp³-hybridized carbons (Fsp3) is 0.462. The number of hydrogen-bond acceptors (Lipinski definition) is 4. The molecule has 4 nitrogen and oxygen atoms in total. The van der Waals surface area contributed by atoms with Gasteiger partial charge in [0.2, 0.25) is 0 Å². The van der Waals surface area contributed by atoms with Gasteiger partial charge in [-0.3, -0.25) is 0 Å². The Labute approximate surface area is 180 Å². The van der Waals surface area contributed by atoms with Gasteiger partial charge in [0.05, 0.1) is 25.4 Å². The summed E-state index contributed by atoms with van der Waals surface area (Å²) >= 11 is 0. The quantitative estimate of drug-likeness (QED) is 0.307. The van der Waals surface area contributed by atoms with Crippen LogP contribution in [0, 0.1) is 0 Å². The van der Waals surface area contributed by atoms with Crippen molar-refractivity contribution < 1.29 is 20.1 Å². The SMILES string of the molecule is CCC(O)(CC)CCCCCOc1cccc(/C=C/c2ccc(CO)c(CO)c2)c1. The maximum absolute atomic E-state index is 10.3. The first-order chi connectivity index (χ1) is 14.5. The third-order valence-electron chi connectivity index (χ3n) is 5.77. The first kappa shape index (κ1) is 24.1. The molecule has 3 N–H and O–H groups in total. The number of benzene rings is 2. The lowest BCUT2D eigenvalue weighted by Crippen LogP contribution is -2.26. The molecule has 0 atom stereocenters. The summed E-state index contributed by atoms with van der Waals surface area (Å²) in [6.45, 7) is 4.61. The maximum atomic E-state index is 10.3. The highest BCUT2D eigenvalue weighted by Gasteiger charge is 2.20. The highest BCUT2D eigenvalue weighted by Crippen LogP contribution is 2.23. The summed E-state index contributed by atoms with van der Waals surface area (Å²) in [4.78, 5) is 0. The molecule has 0 amide bonds. The van der Waals surface area contributed by atoms with Crippen LogP contribution in [0.3, 0.4) is 0 Å². The van der Waals surface area contributed by atoms with E-state index in [0.717, 1.165) is 66.5 Å². The zero-order valence-electron chi connectivity index (χ0n) is 18.3. The van der Waals surface area contributed by atoms with Gasteiger partial charge >= 0.3 is 0 Å². The molecule has 0 aliphatic carbocycles. The summed E-state index contributed by atoms with van der Waals surface area (Å²) in [5, 5.41) is 29.1. The fourth-order valence-electron chi connectivity index (χ4n) is 3.48. The third kappa shape index (κ3) is 7.60. The third-order valence-corrected chi connectivity index (χ3v) is 5.77. The number of ether oxygens (including phenoxy) is 1. The molecule has 2 rings (SSSR count). The van der Waals surface area contributed by atoms with Crippen molar-refractivity contribution in [2.24, 2.45) is 0 Å². The molecule has 0 aromatic heterocycles. The van der Waals surface area contributed by atoms with Gasteiger partial charge in [0.25, 0.3) is 0 Å². The van der Waals surface area contributed by atoms with E-state index >= 15 is 0 Å². The van der Waals surface area contributed by atoms with Gasteiger partial charge in [-0.1, -0.05) is 56.7 Å². The van der Waals surface area contributed by atoms with E-state index < -0.39 is 5.60 Å². The summed E-state index contributed by atoms with van der Waals surface area (Å²) in [6.07, 6.45) is 9.54. The maximum Gasteiger partial charge on any atom is 0.119 e. The van der Waals surface area contributed by atoms with Crippen LogP contribution in [-0.4, -0.2) is 27.5 Å². The molecule has 0 fully saturated rings. The van der Waals surface area contributed by atoms with E-state index in [2.05, 4.69) is 0 Å². The number of unbranched alkanes of at least 4 members (excludes halogenated alkanes) is 2. The first-order valence-electron chi connectivity index (χ1n) is 11.0. The smallest absolute Gasteiger partial charge is 0.119 e. The van der Waals surface area contributed by atoms with Crippen LogP contribution in [0.25, 0.3) is 12.2 Å². The topological polar surface area (TPSA) is 69.9 Å². The van der Waals surface area contributed by atoms with Gasteiger partial charge in [-0.25, -0.2) is 0 Å². The molecule has 4 heteroatoms. The van der Waals surface area contributed by atoms with Crippen LogP contribution in [0.15, 0.2) is 42.5 Å². The number of hydrogen-bond donors (Lipinski definition) is 3. The molecular weight excluding hydrogens is 376 g/mol. The Balaban J connectivity index is 1.83. The molecule has 0 saturated heterocycles. The normalized spacial score (nSPS) is 11.9. The molecular formula is C26H36O4. The lowest BCUT2D eigenvalue weighted by molar-refractivity contribution is 0.0209. The average molecular weight is 413 g/mol. The first-order valence-corrected chi connectivity index (χ1v) is 11.0. The molecule has 2 aromatic carbocycles. The van der Waals surface area contributed by atoms with Gasteiger partial charge < -0.3 is 20.1 Å². The second kappa shape index (κ2) is 12.5. The van der Waals surface area contributed by atoms with Crippen molar-refractivity contribution in [1.29, 1.82) is 0 Å². The van der Waals surface area contributed by atoms with Crippen molar-refractivity contribution >= 4 is 12.2 Å². The summed E-state index contributed by atoms with van der Waals surface area (Å²) in [6, 6.07) is 13.6. The fourth-order valence-corrected chi connectivity index (χ4v) is 3.48. The number of aliphatic hydroxyl groups is 3. The van der Waals surface area contributed by atoms with E-state index in [-0.39, 0.29) is 13.2 Å². The molecule has 0 radical (unpaired) electrons. The van der Waals surface area contributed by atoms with Crippen molar-refractivity contribution in [2.45, 2.75) is 71.2 Å². The zero-order valence-corrected chi connectivity index (χ0v) is 18.3. The minimum Gasteiger partial charge on any atom is -0.494 e. The largest absolute Gasteiger partial charge is 0.494 e. The van der Waals surface area contributed by atoms with Gasteiger partial charge in [-0.15, -0.1) is 0 Å². The van der Waals surface area contributed by atoms with E-state index in [0.29, 0.717) is 6.61 Å². The molecule has 0 aliphatic heterocycles. The van der Waals surface area contributed by atoms with Crippen LogP contribution in [-0.2, 0) is 13.2 Å². The molecule has 0 spiro atoms. The summed E-state index contributed by atoms with van der Waals surface area (Å²) in [5.74, 6) is 0.849. The summed E-state index contributed by atoms with van der Waals surface area (Å²) in [7, 11) is 0. The Morgan fingerprint density at radius 3 is 2.20 bits per heavy atom. The van der Waals surface area contributed by atoms with Gasteiger partial charge in [-0.05, 0) is 72.6 Å². The van der Waals surface area contributed by atoms with Crippen LogP contribution in [0.1, 0.15) is 74.6 Å². The van der Waals surface area contributed by atoms with Crippen molar-refractivity contribution in [3.8, 4) is 5.75 Å². The minimum atomic E-state index is -0.502. The highest BCUT2D eigenvalue weighted by molar-refractivity contribution is 5.70. The van der Waals surface area contributed by atoms with E-state index in [9.17, 15) is 15.3 Å². The predicted molar refractivity (Wildman–Crippen MR) is 123 cm³/mol. The summed E-state index contributed by atoms with van der Waals surface area (Å²) < 4.78 is 5.89. The second-order valence-electron chi connectivity index (χ2n) is 7.84. The number of rotatable bonds is 13. The van der Waals surface area contributed by atoms with Crippen LogP contribution in [0.2, 0.25) is 0 Å². The van der Waals surface area contributed by atoms with Gasteiger partial charge in [0.1, 0.15) is 5.75 Å². The van der Waals surface area contributed by atoms with Gasteiger partial charge in [-0.2, -0.15) is 0 Å². The molecule has 0 saturated carbocycles. The lowest BCUT2D eigenvalue weighted by Gasteiger charge is -2.24. The Bertz CT molecular complexity index is 793. The van der Waals surface area contributed by atoms with Crippen LogP contribution in [0.4, 0.5) is 0 Å². The molecule has 0 bridgehead atoms. The number of aliphatic hydroxyl groups excluding tert-OH is 2. The summed E-state index contributed by atoms with van der Waals surface area (Å²) in [5.41, 5.74) is 3.01. The Hall–Kier alpha value is -2.14. The van der Waals surface area contributed by atoms with E-state index in [4.69, 9.17) is 4.74 Å². The van der Waals surface area contributed by atoms with E-state index in [1.807, 2.05) is 68.5 Å².